The SMILES string of the molecule is CCOc1cc(C=C2SC(=S)N(c3ccc(C)c(C)c3)C2=O)cc(Br)c1OCC. The maximum atomic E-state index is 13.1. The van der Waals surface area contributed by atoms with Gasteiger partial charge < -0.3 is 9.47 Å². The van der Waals surface area contributed by atoms with E-state index in [0.29, 0.717) is 33.9 Å². The summed E-state index contributed by atoms with van der Waals surface area (Å²) in [5.41, 5.74) is 3.93. The molecule has 1 fully saturated rings. The Morgan fingerprint density at radius 1 is 1.10 bits per heavy atom. The second-order valence-electron chi connectivity index (χ2n) is 6.48. The number of hydrogen-bond acceptors (Lipinski definition) is 5. The van der Waals surface area contributed by atoms with Crippen LogP contribution < -0.4 is 14.4 Å². The van der Waals surface area contributed by atoms with Gasteiger partial charge in [-0.2, -0.15) is 0 Å². The zero-order chi connectivity index (χ0) is 21.1. The molecule has 1 saturated heterocycles. The number of rotatable bonds is 6. The van der Waals surface area contributed by atoms with Crippen LogP contribution in [0, 0.1) is 13.8 Å². The third-order valence-corrected chi connectivity index (χ3v) is 6.35. The summed E-state index contributed by atoms with van der Waals surface area (Å²) in [6, 6.07) is 9.71. The molecule has 4 nitrogen and oxygen atoms in total. The zero-order valence-electron chi connectivity index (χ0n) is 16.7. The van der Waals surface area contributed by atoms with Gasteiger partial charge in [-0.05, 0) is 90.7 Å². The van der Waals surface area contributed by atoms with Crippen molar-refractivity contribution in [2.45, 2.75) is 27.7 Å². The average Bonchev–Trinajstić information content (AvgIpc) is 2.94. The number of ether oxygens (including phenoxy) is 2. The molecule has 29 heavy (non-hydrogen) atoms. The van der Waals surface area contributed by atoms with Gasteiger partial charge in [-0.25, -0.2) is 0 Å². The summed E-state index contributed by atoms with van der Waals surface area (Å²) in [6.45, 7) is 8.97. The molecule has 0 N–H and O–H groups in total. The lowest BCUT2D eigenvalue weighted by Gasteiger charge is -2.16. The summed E-state index contributed by atoms with van der Waals surface area (Å²) in [6.07, 6.45) is 1.84. The normalized spacial score (nSPS) is 15.3. The number of amides is 1. The van der Waals surface area contributed by atoms with Gasteiger partial charge >= 0.3 is 0 Å². The van der Waals surface area contributed by atoms with E-state index in [1.54, 1.807) is 4.90 Å². The average molecular weight is 492 g/mol. The van der Waals surface area contributed by atoms with E-state index in [-0.39, 0.29) is 5.91 Å². The van der Waals surface area contributed by atoms with Crippen LogP contribution in [0.4, 0.5) is 5.69 Å². The molecule has 0 unspecified atom stereocenters. The number of carbonyl (C=O) groups excluding carboxylic acids is 1. The Hall–Kier alpha value is -1.83. The van der Waals surface area contributed by atoms with Crippen LogP contribution in [0.1, 0.15) is 30.5 Å². The van der Waals surface area contributed by atoms with Gasteiger partial charge in [0.15, 0.2) is 15.8 Å². The summed E-state index contributed by atoms with van der Waals surface area (Å²) in [5, 5.41) is 0. The number of benzene rings is 2. The van der Waals surface area contributed by atoms with Crippen molar-refractivity contribution in [2.24, 2.45) is 0 Å². The first-order valence-corrected chi connectivity index (χ1v) is 11.3. The van der Waals surface area contributed by atoms with Gasteiger partial charge in [-0.3, -0.25) is 9.69 Å². The molecule has 0 aromatic heterocycles. The van der Waals surface area contributed by atoms with Crippen LogP contribution in [-0.4, -0.2) is 23.4 Å². The first-order chi connectivity index (χ1) is 13.8. The molecule has 0 radical (unpaired) electrons. The van der Waals surface area contributed by atoms with Crippen molar-refractivity contribution in [1.29, 1.82) is 0 Å². The van der Waals surface area contributed by atoms with Crippen LogP contribution in [0.25, 0.3) is 6.08 Å². The number of halogens is 1. The maximum absolute atomic E-state index is 13.1. The lowest BCUT2D eigenvalue weighted by atomic mass is 10.1. The lowest BCUT2D eigenvalue weighted by molar-refractivity contribution is -0.113. The molecule has 1 heterocycles. The number of anilines is 1. The minimum atomic E-state index is -0.119. The fourth-order valence-corrected chi connectivity index (χ4v) is 4.80. The quantitative estimate of drug-likeness (QED) is 0.351. The molecule has 7 heteroatoms. The monoisotopic (exact) mass is 491 g/mol. The van der Waals surface area contributed by atoms with Crippen molar-refractivity contribution in [3.8, 4) is 11.5 Å². The lowest BCUT2D eigenvalue weighted by Crippen LogP contribution is -2.27. The van der Waals surface area contributed by atoms with Crippen LogP contribution >= 0.6 is 39.9 Å². The number of carbonyl (C=O) groups is 1. The minimum Gasteiger partial charge on any atom is -0.490 e. The predicted octanol–water partition coefficient (Wildman–Crippen LogP) is 6.27. The summed E-state index contributed by atoms with van der Waals surface area (Å²) >= 11 is 10.3. The number of nitrogens with zero attached hydrogens (tertiary/aromatic N) is 1. The van der Waals surface area contributed by atoms with Crippen LogP contribution in [0.5, 0.6) is 11.5 Å². The van der Waals surface area contributed by atoms with Crippen molar-refractivity contribution in [3.05, 3.63) is 56.4 Å². The highest BCUT2D eigenvalue weighted by molar-refractivity contribution is 9.10. The number of aryl methyl sites for hydroxylation is 2. The Bertz CT molecular complexity index is 1000. The van der Waals surface area contributed by atoms with Gasteiger partial charge in [-0.1, -0.05) is 30.0 Å². The molecule has 2 aromatic carbocycles. The van der Waals surface area contributed by atoms with E-state index in [2.05, 4.69) is 15.9 Å². The van der Waals surface area contributed by atoms with Gasteiger partial charge in [0, 0.05) is 0 Å². The Kier molecular flexibility index (Phi) is 7.03. The molecule has 1 aliphatic heterocycles. The van der Waals surface area contributed by atoms with E-state index < -0.39 is 0 Å². The fraction of sp³-hybridized carbons (Fsp3) is 0.273. The van der Waals surface area contributed by atoms with E-state index in [4.69, 9.17) is 21.7 Å². The largest absolute Gasteiger partial charge is 0.490 e. The highest BCUT2D eigenvalue weighted by atomic mass is 79.9. The minimum absolute atomic E-state index is 0.119. The smallest absolute Gasteiger partial charge is 0.270 e. The van der Waals surface area contributed by atoms with Crippen LogP contribution in [0.2, 0.25) is 0 Å². The number of hydrogen-bond donors (Lipinski definition) is 0. The maximum Gasteiger partial charge on any atom is 0.270 e. The molecule has 0 aliphatic carbocycles. The highest BCUT2D eigenvalue weighted by Crippen LogP contribution is 2.40. The predicted molar refractivity (Wildman–Crippen MR) is 128 cm³/mol. The van der Waals surface area contributed by atoms with Crippen molar-refractivity contribution in [2.75, 3.05) is 18.1 Å². The molecule has 1 aliphatic rings. The van der Waals surface area contributed by atoms with E-state index in [9.17, 15) is 4.79 Å². The first kappa shape index (κ1) is 21.9. The third kappa shape index (κ3) is 4.68. The topological polar surface area (TPSA) is 38.8 Å². The van der Waals surface area contributed by atoms with Gasteiger partial charge in [0.1, 0.15) is 0 Å². The second-order valence-corrected chi connectivity index (χ2v) is 9.01. The van der Waals surface area contributed by atoms with Crippen LogP contribution in [0.15, 0.2) is 39.7 Å². The Morgan fingerprint density at radius 2 is 1.83 bits per heavy atom. The molecule has 1 amide bonds. The summed E-state index contributed by atoms with van der Waals surface area (Å²) < 4.78 is 12.7. The Balaban J connectivity index is 1.95. The van der Waals surface area contributed by atoms with Crippen molar-refractivity contribution in [1.82, 2.24) is 0 Å². The third-order valence-electron chi connectivity index (χ3n) is 4.46. The van der Waals surface area contributed by atoms with E-state index in [1.165, 1.54) is 17.3 Å². The number of thioether (sulfide) groups is 1. The molecule has 3 rings (SSSR count). The van der Waals surface area contributed by atoms with Crippen LogP contribution in [0.3, 0.4) is 0 Å². The fourth-order valence-electron chi connectivity index (χ4n) is 2.93. The van der Waals surface area contributed by atoms with E-state index in [1.807, 2.05) is 64.1 Å². The van der Waals surface area contributed by atoms with Gasteiger partial charge in [0.2, 0.25) is 0 Å². The Morgan fingerprint density at radius 3 is 2.48 bits per heavy atom. The second kappa shape index (κ2) is 9.32. The van der Waals surface area contributed by atoms with Crippen molar-refractivity contribution < 1.29 is 14.3 Å². The van der Waals surface area contributed by atoms with E-state index in [0.717, 1.165) is 21.3 Å². The van der Waals surface area contributed by atoms with Gasteiger partial charge in [0.05, 0.1) is 28.3 Å². The molecule has 0 spiro atoms. The first-order valence-electron chi connectivity index (χ1n) is 9.30. The summed E-state index contributed by atoms with van der Waals surface area (Å²) in [4.78, 5) is 15.2. The van der Waals surface area contributed by atoms with Crippen molar-refractivity contribution >= 4 is 61.9 Å². The van der Waals surface area contributed by atoms with E-state index >= 15 is 0 Å². The van der Waals surface area contributed by atoms with Gasteiger partial charge in [-0.15, -0.1) is 0 Å². The van der Waals surface area contributed by atoms with Crippen LogP contribution in [-0.2, 0) is 4.79 Å². The highest BCUT2D eigenvalue weighted by Gasteiger charge is 2.33. The summed E-state index contributed by atoms with van der Waals surface area (Å²) in [7, 11) is 0. The molecule has 0 atom stereocenters. The standard InChI is InChI=1S/C22H22BrNO3S2/c1-5-26-18-11-15(10-17(23)20(18)27-6-2)12-19-21(25)24(22(28)29-19)16-8-7-13(3)14(4)9-16/h7-12H,5-6H2,1-4H3. The summed E-state index contributed by atoms with van der Waals surface area (Å²) in [5.74, 6) is 1.18. The number of thiocarbonyl (C=S) groups is 1. The van der Waals surface area contributed by atoms with Gasteiger partial charge in [0.25, 0.3) is 5.91 Å². The molecule has 152 valence electrons. The van der Waals surface area contributed by atoms with Crippen molar-refractivity contribution in [3.63, 3.8) is 0 Å². The Labute approximate surface area is 189 Å². The molecule has 0 saturated carbocycles. The molecule has 2 aromatic rings. The molecule has 0 bridgehead atoms. The molecular formula is C22H22BrNO3S2. The zero-order valence-corrected chi connectivity index (χ0v) is 20.0. The molecular weight excluding hydrogens is 470 g/mol.